The second-order valence-electron chi connectivity index (χ2n) is 3.39. The Balaban J connectivity index is 2.98. The number of amides is 1. The highest BCUT2D eigenvalue weighted by Crippen LogP contribution is 2.28. The summed E-state index contributed by atoms with van der Waals surface area (Å²) in [5.74, 6) is -1.28. The Hall–Kier alpha value is -1.30. The molecule has 1 heterocycles. The summed E-state index contributed by atoms with van der Waals surface area (Å²) in [7, 11) is 0. The Morgan fingerprint density at radius 2 is 1.93 bits per heavy atom. The van der Waals surface area contributed by atoms with Crippen LogP contribution in [0, 0.1) is 0 Å². The second-order valence-corrected chi connectivity index (χ2v) is 3.39. The lowest BCUT2D eigenvalue weighted by atomic mass is 9.88. The number of piperidine rings is 1. The molecule has 1 rings (SSSR count). The van der Waals surface area contributed by atoms with Crippen molar-refractivity contribution in [2.75, 3.05) is 13.2 Å². The third kappa shape index (κ3) is 1.52. The van der Waals surface area contributed by atoms with Gasteiger partial charge >= 0.3 is 12.1 Å². The standard InChI is InChI=1S/C8H13NO5/c10-5-8(6(11)12)3-1-2-4-9(8)7(13)14/h10H,1-5H2,(H,11,12)(H,13,14)/t8-/m1/s1. The molecule has 0 aromatic rings. The summed E-state index contributed by atoms with van der Waals surface area (Å²) in [4.78, 5) is 22.6. The van der Waals surface area contributed by atoms with Crippen molar-refractivity contribution in [1.29, 1.82) is 0 Å². The Kier molecular flexibility index (Phi) is 2.95. The zero-order valence-corrected chi connectivity index (χ0v) is 7.64. The zero-order chi connectivity index (χ0) is 10.8. The molecule has 1 amide bonds. The molecule has 0 aliphatic carbocycles. The van der Waals surface area contributed by atoms with Crippen LogP contribution in [0.1, 0.15) is 19.3 Å². The highest BCUT2D eigenvalue weighted by atomic mass is 16.4. The van der Waals surface area contributed by atoms with E-state index in [0.717, 1.165) is 4.90 Å². The van der Waals surface area contributed by atoms with Gasteiger partial charge in [0.15, 0.2) is 5.54 Å². The highest BCUT2D eigenvalue weighted by molar-refractivity contribution is 5.84. The molecule has 0 spiro atoms. The molecule has 3 N–H and O–H groups in total. The van der Waals surface area contributed by atoms with Gasteiger partial charge in [-0.3, -0.25) is 4.90 Å². The topological polar surface area (TPSA) is 98.1 Å². The van der Waals surface area contributed by atoms with Crippen molar-refractivity contribution < 1.29 is 24.9 Å². The number of aliphatic carboxylic acids is 1. The number of carbonyl (C=O) groups is 2. The van der Waals surface area contributed by atoms with Crippen molar-refractivity contribution in [3.8, 4) is 0 Å². The van der Waals surface area contributed by atoms with E-state index >= 15 is 0 Å². The van der Waals surface area contributed by atoms with Crippen molar-refractivity contribution in [2.24, 2.45) is 0 Å². The molecule has 80 valence electrons. The lowest BCUT2D eigenvalue weighted by Gasteiger charge is -2.40. The van der Waals surface area contributed by atoms with Crippen LogP contribution >= 0.6 is 0 Å². The van der Waals surface area contributed by atoms with Crippen LogP contribution < -0.4 is 0 Å². The van der Waals surface area contributed by atoms with E-state index < -0.39 is 24.2 Å². The summed E-state index contributed by atoms with van der Waals surface area (Å²) in [6.45, 7) is -0.503. The molecule has 0 radical (unpaired) electrons. The maximum atomic E-state index is 11.0. The second kappa shape index (κ2) is 3.83. The molecule has 6 nitrogen and oxygen atoms in total. The maximum absolute atomic E-state index is 11.0. The number of likely N-dealkylation sites (tertiary alicyclic amines) is 1. The monoisotopic (exact) mass is 203 g/mol. The van der Waals surface area contributed by atoms with Crippen molar-refractivity contribution in [2.45, 2.75) is 24.8 Å². The summed E-state index contributed by atoms with van der Waals surface area (Å²) in [5, 5.41) is 26.8. The van der Waals surface area contributed by atoms with Gasteiger partial charge in [-0.05, 0) is 19.3 Å². The zero-order valence-electron chi connectivity index (χ0n) is 7.64. The first-order valence-electron chi connectivity index (χ1n) is 4.39. The van der Waals surface area contributed by atoms with Gasteiger partial charge in [0.25, 0.3) is 0 Å². The molecule has 0 aromatic heterocycles. The van der Waals surface area contributed by atoms with Crippen LogP contribution in [0.3, 0.4) is 0 Å². The number of aliphatic hydroxyl groups is 1. The van der Waals surface area contributed by atoms with Crippen LogP contribution in [0.25, 0.3) is 0 Å². The molecule has 14 heavy (non-hydrogen) atoms. The van der Waals surface area contributed by atoms with E-state index in [0.29, 0.717) is 12.8 Å². The van der Waals surface area contributed by atoms with Gasteiger partial charge in [0.2, 0.25) is 0 Å². The van der Waals surface area contributed by atoms with Gasteiger partial charge < -0.3 is 15.3 Å². The number of nitrogens with zero attached hydrogens (tertiary/aromatic N) is 1. The summed E-state index contributed by atoms with van der Waals surface area (Å²) >= 11 is 0. The Bertz CT molecular complexity index is 254. The fourth-order valence-electron chi connectivity index (χ4n) is 1.77. The minimum absolute atomic E-state index is 0.169. The van der Waals surface area contributed by atoms with Crippen molar-refractivity contribution in [3.05, 3.63) is 0 Å². The van der Waals surface area contributed by atoms with Crippen molar-refractivity contribution in [3.63, 3.8) is 0 Å². The first-order chi connectivity index (χ1) is 6.54. The van der Waals surface area contributed by atoms with E-state index in [2.05, 4.69) is 0 Å². The Labute approximate surface area is 80.8 Å². The van der Waals surface area contributed by atoms with E-state index in [1.807, 2.05) is 0 Å². The number of hydrogen-bond acceptors (Lipinski definition) is 3. The SMILES string of the molecule is O=C(O)N1CCCC[C@@]1(CO)C(=O)O. The molecule has 0 aromatic carbocycles. The first-order valence-corrected chi connectivity index (χ1v) is 4.39. The molecule has 1 aliphatic rings. The van der Waals surface area contributed by atoms with Crippen LogP contribution in [-0.2, 0) is 4.79 Å². The summed E-state index contributed by atoms with van der Waals surface area (Å²) < 4.78 is 0. The molecule has 0 saturated carbocycles. The average Bonchev–Trinajstić information content (AvgIpc) is 2.17. The molecule has 0 unspecified atom stereocenters. The summed E-state index contributed by atoms with van der Waals surface area (Å²) in [6.07, 6.45) is 0.143. The quantitative estimate of drug-likeness (QED) is 0.585. The minimum Gasteiger partial charge on any atom is -0.479 e. The van der Waals surface area contributed by atoms with Gasteiger partial charge in [-0.25, -0.2) is 9.59 Å². The fourth-order valence-corrected chi connectivity index (χ4v) is 1.77. The van der Waals surface area contributed by atoms with Crippen LogP contribution in [0.15, 0.2) is 0 Å². The third-order valence-corrected chi connectivity index (χ3v) is 2.63. The van der Waals surface area contributed by atoms with Gasteiger partial charge in [0.05, 0.1) is 6.61 Å². The molecule has 0 bridgehead atoms. The molecule has 1 atom stereocenters. The van der Waals surface area contributed by atoms with Crippen molar-refractivity contribution >= 4 is 12.1 Å². The molecular weight excluding hydrogens is 190 g/mol. The van der Waals surface area contributed by atoms with Crippen LogP contribution in [0.5, 0.6) is 0 Å². The van der Waals surface area contributed by atoms with Crippen LogP contribution in [0.4, 0.5) is 4.79 Å². The van der Waals surface area contributed by atoms with Gasteiger partial charge in [0.1, 0.15) is 0 Å². The molecule has 1 fully saturated rings. The largest absolute Gasteiger partial charge is 0.479 e. The number of rotatable bonds is 2. The minimum atomic E-state index is -1.63. The van der Waals surface area contributed by atoms with Gasteiger partial charge in [-0.1, -0.05) is 0 Å². The Morgan fingerprint density at radius 1 is 1.29 bits per heavy atom. The number of carboxylic acid groups (broad SMARTS) is 2. The van der Waals surface area contributed by atoms with Crippen LogP contribution in [0.2, 0.25) is 0 Å². The highest BCUT2D eigenvalue weighted by Gasteiger charge is 2.47. The predicted molar refractivity (Wildman–Crippen MR) is 46.0 cm³/mol. The lowest BCUT2D eigenvalue weighted by molar-refractivity contribution is -0.155. The van der Waals surface area contributed by atoms with Gasteiger partial charge in [-0.15, -0.1) is 0 Å². The number of aliphatic hydroxyl groups excluding tert-OH is 1. The fraction of sp³-hybridized carbons (Fsp3) is 0.750. The van der Waals surface area contributed by atoms with E-state index in [9.17, 15) is 9.59 Å². The number of carboxylic acids is 1. The first kappa shape index (κ1) is 10.8. The van der Waals surface area contributed by atoms with Gasteiger partial charge in [0, 0.05) is 6.54 Å². The summed E-state index contributed by atoms with van der Waals surface area (Å²) in [5.41, 5.74) is -1.63. The maximum Gasteiger partial charge on any atom is 0.408 e. The molecule has 1 aliphatic heterocycles. The molecular formula is C8H13NO5. The van der Waals surface area contributed by atoms with E-state index in [1.165, 1.54) is 0 Å². The van der Waals surface area contributed by atoms with Crippen molar-refractivity contribution in [1.82, 2.24) is 4.90 Å². The smallest absolute Gasteiger partial charge is 0.408 e. The average molecular weight is 203 g/mol. The van der Waals surface area contributed by atoms with E-state index in [4.69, 9.17) is 15.3 Å². The third-order valence-electron chi connectivity index (χ3n) is 2.63. The van der Waals surface area contributed by atoms with Gasteiger partial charge in [-0.2, -0.15) is 0 Å². The lowest BCUT2D eigenvalue weighted by Crippen LogP contribution is -2.61. The molecule has 1 saturated heterocycles. The van der Waals surface area contributed by atoms with E-state index in [1.54, 1.807) is 0 Å². The summed E-state index contributed by atoms with van der Waals surface area (Å²) in [6, 6.07) is 0. The Morgan fingerprint density at radius 3 is 2.29 bits per heavy atom. The predicted octanol–water partition coefficient (Wildman–Crippen LogP) is -0.0340. The normalized spacial score (nSPS) is 27.4. The molecule has 6 heteroatoms. The van der Waals surface area contributed by atoms with Crippen LogP contribution in [-0.4, -0.2) is 51.0 Å². The number of hydrogen-bond donors (Lipinski definition) is 3. The van der Waals surface area contributed by atoms with E-state index in [-0.39, 0.29) is 13.0 Å².